The third-order valence-electron chi connectivity index (χ3n) is 5.26. The van der Waals surface area contributed by atoms with Crippen molar-refractivity contribution in [2.24, 2.45) is 0 Å². The Hall–Kier alpha value is -3.77. The van der Waals surface area contributed by atoms with Gasteiger partial charge in [0.15, 0.2) is 0 Å². The van der Waals surface area contributed by atoms with Crippen molar-refractivity contribution in [2.75, 3.05) is 14.2 Å². The highest BCUT2D eigenvalue weighted by Gasteiger charge is 2.19. The number of hydrogen-bond donors (Lipinski definition) is 1. The molecule has 0 bridgehead atoms. The molecule has 0 fully saturated rings. The summed E-state index contributed by atoms with van der Waals surface area (Å²) in [6.07, 6.45) is 0. The van der Waals surface area contributed by atoms with Gasteiger partial charge in [-0.3, -0.25) is 9.69 Å². The van der Waals surface area contributed by atoms with Gasteiger partial charge in [-0.1, -0.05) is 30.3 Å². The van der Waals surface area contributed by atoms with Gasteiger partial charge >= 0.3 is 0 Å². The van der Waals surface area contributed by atoms with E-state index in [4.69, 9.17) is 13.9 Å². The van der Waals surface area contributed by atoms with Crippen LogP contribution >= 0.6 is 0 Å². The molecule has 0 aliphatic heterocycles. The topological polar surface area (TPSA) is 72.1 Å². The molecule has 0 aliphatic carbocycles. The van der Waals surface area contributed by atoms with E-state index >= 15 is 0 Å². The number of fused-ring (bicyclic) bond motifs is 1. The summed E-state index contributed by atoms with van der Waals surface area (Å²) >= 11 is 0. The fourth-order valence-corrected chi connectivity index (χ4v) is 3.65. The summed E-state index contributed by atoms with van der Waals surface area (Å²) in [5.41, 5.74) is 1.81. The van der Waals surface area contributed by atoms with Gasteiger partial charge in [-0.2, -0.15) is 0 Å². The lowest BCUT2D eigenvalue weighted by atomic mass is 10.1. The molecule has 0 spiro atoms. The molecular weight excluding hydrogens is 406 g/mol. The van der Waals surface area contributed by atoms with Crippen LogP contribution in [0.25, 0.3) is 11.0 Å². The summed E-state index contributed by atoms with van der Waals surface area (Å²) in [5.74, 6) is 1.75. The van der Waals surface area contributed by atoms with Crippen LogP contribution in [0.15, 0.2) is 75.9 Å². The van der Waals surface area contributed by atoms with Gasteiger partial charge in [0, 0.05) is 13.1 Å². The quantitative estimate of drug-likeness (QED) is 0.431. The van der Waals surface area contributed by atoms with E-state index in [9.17, 15) is 9.90 Å². The smallest absolute Gasteiger partial charge is 0.235 e. The van der Waals surface area contributed by atoms with E-state index in [1.54, 1.807) is 44.4 Å². The number of nitrogens with zero attached hydrogens (tertiary/aromatic N) is 1. The predicted molar refractivity (Wildman–Crippen MR) is 124 cm³/mol. The van der Waals surface area contributed by atoms with Crippen molar-refractivity contribution in [2.45, 2.75) is 20.0 Å². The van der Waals surface area contributed by atoms with Crippen molar-refractivity contribution >= 4 is 11.0 Å². The summed E-state index contributed by atoms with van der Waals surface area (Å²) in [4.78, 5) is 15.3. The van der Waals surface area contributed by atoms with Gasteiger partial charge in [0.05, 0.1) is 18.1 Å². The maximum atomic E-state index is 13.2. The molecule has 0 radical (unpaired) electrons. The third-order valence-corrected chi connectivity index (χ3v) is 5.26. The summed E-state index contributed by atoms with van der Waals surface area (Å²) in [7, 11) is 3.54. The molecule has 6 nitrogen and oxygen atoms in total. The van der Waals surface area contributed by atoms with Crippen LogP contribution in [0.1, 0.15) is 16.9 Å². The first-order valence-electron chi connectivity index (χ1n) is 10.3. The minimum absolute atomic E-state index is 0.0868. The zero-order valence-corrected chi connectivity index (χ0v) is 18.3. The zero-order valence-electron chi connectivity index (χ0n) is 18.3. The Morgan fingerprint density at radius 2 is 1.62 bits per heavy atom. The fraction of sp³-hybridized carbons (Fsp3) is 0.192. The van der Waals surface area contributed by atoms with Crippen molar-refractivity contribution < 1.29 is 19.0 Å². The van der Waals surface area contributed by atoms with E-state index < -0.39 is 0 Å². The van der Waals surface area contributed by atoms with Crippen molar-refractivity contribution in [1.82, 2.24) is 4.90 Å². The van der Waals surface area contributed by atoms with Crippen LogP contribution in [-0.2, 0) is 13.1 Å². The Kier molecular flexibility index (Phi) is 6.14. The Balaban J connectivity index is 1.67. The molecule has 32 heavy (non-hydrogen) atoms. The highest BCUT2D eigenvalue weighted by Crippen LogP contribution is 2.32. The minimum Gasteiger partial charge on any atom is -0.507 e. The molecule has 3 aromatic carbocycles. The second kappa shape index (κ2) is 9.16. The van der Waals surface area contributed by atoms with Gasteiger partial charge < -0.3 is 19.0 Å². The van der Waals surface area contributed by atoms with Gasteiger partial charge in [0.25, 0.3) is 0 Å². The van der Waals surface area contributed by atoms with Crippen molar-refractivity contribution in [1.29, 1.82) is 0 Å². The Bertz CT molecular complexity index is 1280. The second-order valence-electron chi connectivity index (χ2n) is 7.69. The lowest BCUT2D eigenvalue weighted by Crippen LogP contribution is -2.18. The first-order valence-corrected chi connectivity index (χ1v) is 10.3. The van der Waals surface area contributed by atoms with Crippen molar-refractivity contribution in [3.8, 4) is 23.0 Å². The molecule has 0 aliphatic rings. The van der Waals surface area contributed by atoms with Crippen LogP contribution in [0.5, 0.6) is 23.0 Å². The van der Waals surface area contributed by atoms with E-state index in [1.165, 1.54) is 6.07 Å². The highest BCUT2D eigenvalue weighted by molar-refractivity contribution is 5.83. The number of phenols is 1. The molecule has 4 aromatic rings. The van der Waals surface area contributed by atoms with E-state index in [0.29, 0.717) is 46.9 Å². The Morgan fingerprint density at radius 1 is 0.938 bits per heavy atom. The number of aromatic hydroxyl groups is 1. The molecule has 0 saturated carbocycles. The van der Waals surface area contributed by atoms with E-state index in [-0.39, 0.29) is 16.9 Å². The number of benzene rings is 3. The number of hydrogen-bond acceptors (Lipinski definition) is 6. The number of aryl methyl sites for hydroxylation is 1. The molecule has 0 amide bonds. The standard InChI is InChI=1S/C26H25NO5/c1-17-25(32-20-11-9-19(30-3)10-12-20)24(29)21-13-14-23(28)22(26(21)31-17)16-27(2)15-18-7-5-4-6-8-18/h4-14,28H,15-16H2,1-3H3. The summed E-state index contributed by atoms with van der Waals surface area (Å²) in [6.45, 7) is 2.79. The van der Waals surface area contributed by atoms with Crippen LogP contribution in [0.3, 0.4) is 0 Å². The minimum atomic E-state index is -0.286. The summed E-state index contributed by atoms with van der Waals surface area (Å²) in [6, 6.07) is 20.1. The van der Waals surface area contributed by atoms with Gasteiger partial charge in [-0.25, -0.2) is 0 Å². The third kappa shape index (κ3) is 4.45. The van der Waals surface area contributed by atoms with Crippen LogP contribution in [0.4, 0.5) is 0 Å². The summed E-state index contributed by atoms with van der Waals surface area (Å²) < 4.78 is 17.0. The van der Waals surface area contributed by atoms with Gasteiger partial charge in [0.1, 0.15) is 28.6 Å². The Morgan fingerprint density at radius 3 is 2.31 bits per heavy atom. The molecular formula is C26H25NO5. The average Bonchev–Trinajstić information content (AvgIpc) is 2.79. The average molecular weight is 431 g/mol. The van der Waals surface area contributed by atoms with Gasteiger partial charge in [-0.15, -0.1) is 0 Å². The maximum Gasteiger partial charge on any atom is 0.235 e. The molecule has 1 heterocycles. The fourth-order valence-electron chi connectivity index (χ4n) is 3.65. The molecule has 0 unspecified atom stereocenters. The number of rotatable bonds is 7. The largest absolute Gasteiger partial charge is 0.507 e. The highest BCUT2D eigenvalue weighted by atomic mass is 16.5. The second-order valence-corrected chi connectivity index (χ2v) is 7.69. The van der Waals surface area contributed by atoms with Crippen LogP contribution in [0.2, 0.25) is 0 Å². The van der Waals surface area contributed by atoms with Crippen LogP contribution < -0.4 is 14.9 Å². The van der Waals surface area contributed by atoms with Crippen LogP contribution in [-0.4, -0.2) is 24.2 Å². The summed E-state index contributed by atoms with van der Waals surface area (Å²) in [5, 5.41) is 10.9. The predicted octanol–water partition coefficient (Wildman–Crippen LogP) is 5.24. The molecule has 1 aromatic heterocycles. The SMILES string of the molecule is COc1ccc(Oc2c(C)oc3c(CN(C)Cc4ccccc4)c(O)ccc3c2=O)cc1. The monoisotopic (exact) mass is 431 g/mol. The first-order chi connectivity index (χ1) is 15.5. The lowest BCUT2D eigenvalue weighted by Gasteiger charge is -2.19. The van der Waals surface area contributed by atoms with Gasteiger partial charge in [0.2, 0.25) is 11.2 Å². The number of ether oxygens (including phenoxy) is 2. The van der Waals surface area contributed by atoms with E-state index in [0.717, 1.165) is 5.56 Å². The molecule has 0 saturated heterocycles. The molecule has 4 rings (SSSR count). The maximum absolute atomic E-state index is 13.2. The Labute approximate surface area is 186 Å². The van der Waals surface area contributed by atoms with Crippen LogP contribution in [0, 0.1) is 6.92 Å². The number of methoxy groups -OCH3 is 1. The normalized spacial score (nSPS) is 11.1. The molecule has 0 atom stereocenters. The van der Waals surface area contributed by atoms with Gasteiger partial charge in [-0.05, 0) is 55.9 Å². The van der Waals surface area contributed by atoms with E-state index in [2.05, 4.69) is 4.90 Å². The zero-order chi connectivity index (χ0) is 22.7. The molecule has 1 N–H and O–H groups in total. The van der Waals surface area contributed by atoms with Crippen molar-refractivity contribution in [3.05, 3.63) is 93.8 Å². The molecule has 6 heteroatoms. The lowest BCUT2D eigenvalue weighted by molar-refractivity contribution is 0.311. The molecule has 164 valence electrons. The van der Waals surface area contributed by atoms with Crippen molar-refractivity contribution in [3.63, 3.8) is 0 Å². The first kappa shape index (κ1) is 21.5. The van der Waals surface area contributed by atoms with E-state index in [1.807, 2.05) is 37.4 Å². The number of phenolic OH excluding ortho intramolecular Hbond substituents is 1.